The number of carbonyl (C=O) groups is 1. The Morgan fingerprint density at radius 2 is 2.00 bits per heavy atom. The number of hydrogen-bond acceptors (Lipinski definition) is 4. The van der Waals surface area contributed by atoms with Crippen LogP contribution in [0.1, 0.15) is 45.6 Å². The van der Waals surface area contributed by atoms with E-state index in [1.54, 1.807) is 19.1 Å². The molecule has 0 spiro atoms. The third-order valence-electron chi connectivity index (χ3n) is 3.45. The van der Waals surface area contributed by atoms with Crippen molar-refractivity contribution < 1.29 is 23.0 Å². The average Bonchev–Trinajstić information content (AvgIpc) is 2.51. The number of rotatable bonds is 10. The number of benzene rings is 1. The summed E-state index contributed by atoms with van der Waals surface area (Å²) in [5, 5.41) is 2.67. The van der Waals surface area contributed by atoms with Crippen LogP contribution in [0.25, 0.3) is 0 Å². The second-order valence-electron chi connectivity index (χ2n) is 5.85. The maximum Gasteiger partial charge on any atom is 0.387 e. The molecule has 8 heteroatoms. The lowest BCUT2D eigenvalue weighted by molar-refractivity contribution is -0.126. The van der Waals surface area contributed by atoms with Gasteiger partial charge < -0.3 is 20.5 Å². The molecule has 25 heavy (non-hydrogen) atoms. The summed E-state index contributed by atoms with van der Waals surface area (Å²) in [5.41, 5.74) is 5.38. The summed E-state index contributed by atoms with van der Waals surface area (Å²) in [7, 11) is 0. The molecule has 0 saturated carbocycles. The van der Waals surface area contributed by atoms with Crippen molar-refractivity contribution in [2.24, 2.45) is 5.73 Å². The van der Waals surface area contributed by atoms with Crippen LogP contribution in [0.15, 0.2) is 18.2 Å². The molecule has 0 aliphatic carbocycles. The highest BCUT2D eigenvalue weighted by Crippen LogP contribution is 2.27. The molecule has 1 aromatic rings. The fraction of sp³-hybridized carbons (Fsp3) is 0.588. The first-order chi connectivity index (χ1) is 11.3. The topological polar surface area (TPSA) is 73.6 Å². The number of alkyl halides is 2. The van der Waals surface area contributed by atoms with Gasteiger partial charge in [-0.2, -0.15) is 8.78 Å². The summed E-state index contributed by atoms with van der Waals surface area (Å²) >= 11 is 0. The van der Waals surface area contributed by atoms with Gasteiger partial charge >= 0.3 is 6.61 Å². The van der Waals surface area contributed by atoms with Gasteiger partial charge in [0.05, 0.1) is 12.1 Å². The first-order valence-corrected chi connectivity index (χ1v) is 8.07. The third-order valence-corrected chi connectivity index (χ3v) is 3.45. The van der Waals surface area contributed by atoms with Crippen LogP contribution in [0.2, 0.25) is 0 Å². The second kappa shape index (κ2) is 11.1. The highest BCUT2D eigenvalue weighted by molar-refractivity contribution is 5.85. The molecule has 0 bridgehead atoms. The van der Waals surface area contributed by atoms with Crippen molar-refractivity contribution in [1.29, 1.82) is 0 Å². The average molecular weight is 381 g/mol. The molecule has 5 nitrogen and oxygen atoms in total. The molecule has 144 valence electrons. The van der Waals surface area contributed by atoms with Gasteiger partial charge in [-0.25, -0.2) is 0 Å². The molecule has 3 N–H and O–H groups in total. The van der Waals surface area contributed by atoms with Crippen molar-refractivity contribution in [2.45, 2.75) is 58.7 Å². The first-order valence-electron chi connectivity index (χ1n) is 8.07. The van der Waals surface area contributed by atoms with Gasteiger partial charge in [0.25, 0.3) is 0 Å². The Hall–Kier alpha value is -1.60. The fourth-order valence-electron chi connectivity index (χ4n) is 2.21. The Balaban J connectivity index is 0.00000576. The lowest BCUT2D eigenvalue weighted by Crippen LogP contribution is -2.51. The van der Waals surface area contributed by atoms with Gasteiger partial charge in [0.2, 0.25) is 5.91 Å². The van der Waals surface area contributed by atoms with E-state index in [1.807, 2.05) is 13.8 Å². The zero-order valence-corrected chi connectivity index (χ0v) is 15.6. The zero-order valence-electron chi connectivity index (χ0n) is 14.8. The third kappa shape index (κ3) is 7.88. The molecule has 1 amide bonds. The van der Waals surface area contributed by atoms with Gasteiger partial charge in [0, 0.05) is 18.2 Å². The van der Waals surface area contributed by atoms with E-state index < -0.39 is 12.2 Å². The van der Waals surface area contributed by atoms with Gasteiger partial charge in [-0.05, 0) is 31.9 Å². The van der Waals surface area contributed by atoms with E-state index in [1.165, 1.54) is 6.07 Å². The van der Waals surface area contributed by atoms with E-state index >= 15 is 0 Å². The molecule has 0 radical (unpaired) electrons. The SMILES string of the molecule is CCCOc1ccc(CNC(=O)C(C)(N)CCC)c(OC(F)F)c1.Cl. The van der Waals surface area contributed by atoms with E-state index in [2.05, 4.69) is 10.1 Å². The Morgan fingerprint density at radius 1 is 1.32 bits per heavy atom. The molecule has 0 aliphatic heterocycles. The van der Waals surface area contributed by atoms with Crippen molar-refractivity contribution in [2.75, 3.05) is 6.61 Å². The largest absolute Gasteiger partial charge is 0.493 e. The van der Waals surface area contributed by atoms with Crippen LogP contribution < -0.4 is 20.5 Å². The molecule has 1 atom stereocenters. The maximum atomic E-state index is 12.6. The van der Waals surface area contributed by atoms with Gasteiger partial charge in [0.1, 0.15) is 11.5 Å². The molecular formula is C17H27ClF2N2O3. The predicted octanol–water partition coefficient (Wildman–Crippen LogP) is 3.63. The maximum absolute atomic E-state index is 12.6. The quantitative estimate of drug-likeness (QED) is 0.650. The van der Waals surface area contributed by atoms with Crippen molar-refractivity contribution >= 4 is 18.3 Å². The fourth-order valence-corrected chi connectivity index (χ4v) is 2.21. The molecule has 0 heterocycles. The number of halogens is 3. The summed E-state index contributed by atoms with van der Waals surface area (Å²) in [6.07, 6.45) is 2.10. The lowest BCUT2D eigenvalue weighted by Gasteiger charge is -2.23. The molecule has 1 unspecified atom stereocenters. The highest BCUT2D eigenvalue weighted by Gasteiger charge is 2.27. The van der Waals surface area contributed by atoms with Crippen molar-refractivity contribution in [3.63, 3.8) is 0 Å². The normalized spacial score (nSPS) is 12.9. The summed E-state index contributed by atoms with van der Waals surface area (Å²) < 4.78 is 35.2. The minimum absolute atomic E-state index is 0. The minimum atomic E-state index is -2.96. The monoisotopic (exact) mass is 380 g/mol. The van der Waals surface area contributed by atoms with Gasteiger partial charge in [0.15, 0.2) is 0 Å². The van der Waals surface area contributed by atoms with Crippen LogP contribution in [-0.2, 0) is 11.3 Å². The van der Waals surface area contributed by atoms with Gasteiger partial charge in [-0.15, -0.1) is 12.4 Å². The zero-order chi connectivity index (χ0) is 18.2. The minimum Gasteiger partial charge on any atom is -0.493 e. The van der Waals surface area contributed by atoms with E-state index in [0.29, 0.717) is 24.3 Å². The number of hydrogen-bond donors (Lipinski definition) is 2. The molecule has 1 rings (SSSR count). The molecule has 1 aromatic carbocycles. The first kappa shape index (κ1) is 23.4. The smallest absolute Gasteiger partial charge is 0.387 e. The van der Waals surface area contributed by atoms with Crippen LogP contribution >= 0.6 is 12.4 Å². The van der Waals surface area contributed by atoms with E-state index in [4.69, 9.17) is 10.5 Å². The number of amides is 1. The van der Waals surface area contributed by atoms with E-state index in [0.717, 1.165) is 12.8 Å². The Bertz CT molecular complexity index is 543. The Morgan fingerprint density at radius 3 is 2.56 bits per heavy atom. The molecule has 0 aliphatic rings. The standard InChI is InChI=1S/C17H26F2N2O3.ClH/c1-4-8-17(3,20)15(22)21-11-12-6-7-13(23-9-5-2)10-14(12)24-16(18)19;/h6-7,10,16H,4-5,8-9,11,20H2,1-3H3,(H,21,22);1H. The molecule has 0 saturated heterocycles. The number of nitrogens with one attached hydrogen (secondary N) is 1. The summed E-state index contributed by atoms with van der Waals surface area (Å²) in [6, 6.07) is 4.65. The molecule has 0 aromatic heterocycles. The van der Waals surface area contributed by atoms with Crippen molar-refractivity contribution in [3.05, 3.63) is 23.8 Å². The van der Waals surface area contributed by atoms with Gasteiger partial charge in [-0.1, -0.05) is 20.3 Å². The summed E-state index contributed by atoms with van der Waals surface area (Å²) in [6.45, 7) is 3.09. The Labute approximate surface area is 153 Å². The van der Waals surface area contributed by atoms with E-state index in [-0.39, 0.29) is 30.6 Å². The van der Waals surface area contributed by atoms with E-state index in [9.17, 15) is 13.6 Å². The second-order valence-corrected chi connectivity index (χ2v) is 5.85. The van der Waals surface area contributed by atoms with Crippen LogP contribution in [0.5, 0.6) is 11.5 Å². The number of ether oxygens (including phenoxy) is 2. The number of nitrogens with two attached hydrogens (primary N) is 1. The molecule has 0 fully saturated rings. The molecular weight excluding hydrogens is 354 g/mol. The lowest BCUT2D eigenvalue weighted by atomic mass is 9.96. The van der Waals surface area contributed by atoms with Crippen molar-refractivity contribution in [1.82, 2.24) is 5.32 Å². The predicted molar refractivity (Wildman–Crippen MR) is 95.5 cm³/mol. The van der Waals surface area contributed by atoms with Crippen LogP contribution in [0.4, 0.5) is 8.78 Å². The summed E-state index contributed by atoms with van der Waals surface area (Å²) in [4.78, 5) is 12.1. The van der Waals surface area contributed by atoms with Crippen LogP contribution in [0.3, 0.4) is 0 Å². The number of carbonyl (C=O) groups excluding carboxylic acids is 1. The van der Waals surface area contributed by atoms with Crippen LogP contribution in [-0.4, -0.2) is 24.7 Å². The van der Waals surface area contributed by atoms with Gasteiger partial charge in [-0.3, -0.25) is 4.79 Å². The Kier molecular flexibility index (Phi) is 10.4. The summed E-state index contributed by atoms with van der Waals surface area (Å²) in [5.74, 6) is 0.0870. The highest BCUT2D eigenvalue weighted by atomic mass is 35.5. The van der Waals surface area contributed by atoms with Crippen LogP contribution in [0, 0.1) is 0 Å². The van der Waals surface area contributed by atoms with Crippen molar-refractivity contribution in [3.8, 4) is 11.5 Å².